The minimum absolute atomic E-state index is 0.0893. The molecule has 172 valence electrons. The predicted molar refractivity (Wildman–Crippen MR) is 131 cm³/mol. The molecule has 6 rings (SSSR count). The van der Waals surface area contributed by atoms with E-state index in [-0.39, 0.29) is 5.60 Å². The van der Waals surface area contributed by atoms with Crippen LogP contribution in [0.1, 0.15) is 51.0 Å². The lowest BCUT2D eigenvalue weighted by atomic mass is 9.81. The number of anilines is 1. The summed E-state index contributed by atoms with van der Waals surface area (Å²) in [4.78, 5) is 12.5. The average molecular weight is 435 g/mol. The first-order valence-electron chi connectivity index (χ1n) is 12.9. The summed E-state index contributed by atoms with van der Waals surface area (Å²) in [5, 5.41) is 0. The zero-order valence-corrected chi connectivity index (χ0v) is 19.6. The Labute approximate surface area is 193 Å². The summed E-state index contributed by atoms with van der Waals surface area (Å²) in [6, 6.07) is 7.83. The molecule has 4 heterocycles. The van der Waals surface area contributed by atoms with E-state index < -0.39 is 0 Å². The first kappa shape index (κ1) is 20.7. The fourth-order valence-electron chi connectivity index (χ4n) is 6.37. The average Bonchev–Trinajstić information content (AvgIpc) is 2.80. The van der Waals surface area contributed by atoms with E-state index in [0.717, 1.165) is 44.4 Å². The number of fused-ring (bicyclic) bond motifs is 1. The molecule has 0 amide bonds. The molecule has 1 aromatic rings. The van der Waals surface area contributed by atoms with Gasteiger partial charge in [0.2, 0.25) is 0 Å². The van der Waals surface area contributed by atoms with Crippen molar-refractivity contribution in [3.63, 3.8) is 0 Å². The van der Waals surface area contributed by atoms with Crippen LogP contribution in [0.3, 0.4) is 0 Å². The first-order valence-corrected chi connectivity index (χ1v) is 12.9. The number of allylic oxidation sites excluding steroid dienone is 1. The van der Waals surface area contributed by atoms with Gasteiger partial charge in [0, 0.05) is 63.1 Å². The Hall–Kier alpha value is -1.85. The lowest BCUT2D eigenvalue weighted by Crippen LogP contribution is -2.53. The molecule has 2 unspecified atom stereocenters. The fraction of sp³-hybridized carbons (Fsp3) is 0.667. The summed E-state index contributed by atoms with van der Waals surface area (Å²) in [5.41, 5.74) is 2.86. The van der Waals surface area contributed by atoms with Crippen molar-refractivity contribution in [2.75, 3.05) is 44.2 Å². The third-order valence-corrected chi connectivity index (χ3v) is 8.78. The van der Waals surface area contributed by atoms with Gasteiger partial charge < -0.3 is 14.5 Å². The number of hydrogen-bond acceptors (Lipinski definition) is 5. The van der Waals surface area contributed by atoms with Crippen LogP contribution in [0.2, 0.25) is 0 Å². The van der Waals surface area contributed by atoms with Crippen LogP contribution in [0.25, 0.3) is 0 Å². The first-order chi connectivity index (χ1) is 15.7. The van der Waals surface area contributed by atoms with Crippen LogP contribution in [0.15, 0.2) is 35.3 Å². The van der Waals surface area contributed by atoms with Gasteiger partial charge in [-0.25, -0.2) is 0 Å². The molecule has 5 aliphatic rings. The van der Waals surface area contributed by atoms with Gasteiger partial charge in [-0.1, -0.05) is 19.4 Å². The van der Waals surface area contributed by atoms with Gasteiger partial charge >= 0.3 is 0 Å². The molecule has 1 aromatic carbocycles. The molecule has 0 bridgehead atoms. The molecule has 3 fully saturated rings. The van der Waals surface area contributed by atoms with Gasteiger partial charge in [0.05, 0.1) is 0 Å². The molecule has 1 saturated carbocycles. The monoisotopic (exact) mass is 434 g/mol. The molecule has 32 heavy (non-hydrogen) atoms. The number of ether oxygens (including phenoxy) is 1. The van der Waals surface area contributed by atoms with Gasteiger partial charge in [0.25, 0.3) is 0 Å². The third-order valence-electron chi connectivity index (χ3n) is 8.78. The lowest BCUT2D eigenvalue weighted by molar-refractivity contribution is -0.0336. The van der Waals surface area contributed by atoms with Crippen LogP contribution in [0.4, 0.5) is 5.69 Å². The quantitative estimate of drug-likeness (QED) is 0.716. The van der Waals surface area contributed by atoms with Crippen molar-refractivity contribution in [2.24, 2.45) is 10.9 Å². The van der Waals surface area contributed by atoms with E-state index in [4.69, 9.17) is 9.73 Å². The Morgan fingerprint density at radius 2 is 1.78 bits per heavy atom. The van der Waals surface area contributed by atoms with E-state index >= 15 is 0 Å². The Bertz CT molecular complexity index is 876. The molecule has 0 aromatic heterocycles. The highest BCUT2D eigenvalue weighted by molar-refractivity contribution is 5.72. The van der Waals surface area contributed by atoms with Gasteiger partial charge in [-0.2, -0.15) is 0 Å². The second-order valence-electron chi connectivity index (χ2n) is 10.7. The number of likely N-dealkylation sites (tertiary alicyclic amines) is 1. The van der Waals surface area contributed by atoms with Crippen molar-refractivity contribution >= 4 is 11.9 Å². The molecular weight excluding hydrogens is 396 g/mol. The molecular formula is C27H38N4O. The fourth-order valence-corrected chi connectivity index (χ4v) is 6.37. The zero-order valence-electron chi connectivity index (χ0n) is 19.6. The summed E-state index contributed by atoms with van der Waals surface area (Å²) in [6.45, 7) is 9.02. The summed E-state index contributed by atoms with van der Waals surface area (Å²) >= 11 is 0. The van der Waals surface area contributed by atoms with Gasteiger partial charge in [0.1, 0.15) is 17.5 Å². The molecule has 0 radical (unpaired) electrons. The van der Waals surface area contributed by atoms with Crippen molar-refractivity contribution < 1.29 is 4.74 Å². The predicted octanol–water partition coefficient (Wildman–Crippen LogP) is 4.12. The highest BCUT2D eigenvalue weighted by Gasteiger charge is 2.41. The Morgan fingerprint density at radius 3 is 2.50 bits per heavy atom. The smallest absolute Gasteiger partial charge is 0.123 e. The number of rotatable bonds is 3. The Kier molecular flexibility index (Phi) is 5.50. The van der Waals surface area contributed by atoms with Crippen LogP contribution >= 0.6 is 0 Å². The molecule has 2 saturated heterocycles. The van der Waals surface area contributed by atoms with Crippen molar-refractivity contribution in [2.45, 2.75) is 69.7 Å². The molecule has 0 N–H and O–H groups in total. The SMILES string of the molecule is CC1C=CC=NC1N1CCN(c2ccc3c(c2)CCC2(CCN(C4CCC4)CC2)O3)CC1. The van der Waals surface area contributed by atoms with E-state index in [1.54, 1.807) is 0 Å². The molecule has 1 spiro atoms. The Balaban J connectivity index is 1.07. The maximum Gasteiger partial charge on any atom is 0.123 e. The summed E-state index contributed by atoms with van der Waals surface area (Å²) in [6.07, 6.45) is 15.6. The molecule has 5 heteroatoms. The molecule has 5 nitrogen and oxygen atoms in total. The van der Waals surface area contributed by atoms with Crippen LogP contribution in [-0.2, 0) is 6.42 Å². The maximum absolute atomic E-state index is 6.71. The van der Waals surface area contributed by atoms with Crippen molar-refractivity contribution in [3.8, 4) is 5.75 Å². The number of benzene rings is 1. The van der Waals surface area contributed by atoms with Crippen LogP contribution in [0, 0.1) is 5.92 Å². The van der Waals surface area contributed by atoms with Gasteiger partial charge in [-0.15, -0.1) is 0 Å². The third kappa shape index (κ3) is 3.88. The largest absolute Gasteiger partial charge is 0.487 e. The van der Waals surface area contributed by atoms with E-state index in [2.05, 4.69) is 52.0 Å². The Morgan fingerprint density at radius 1 is 0.969 bits per heavy atom. The number of nitrogens with zero attached hydrogens (tertiary/aromatic N) is 4. The molecule has 4 aliphatic heterocycles. The minimum Gasteiger partial charge on any atom is -0.487 e. The van der Waals surface area contributed by atoms with Gasteiger partial charge in [-0.3, -0.25) is 9.89 Å². The summed E-state index contributed by atoms with van der Waals surface area (Å²) in [5.74, 6) is 1.65. The molecule has 2 atom stereocenters. The standard InChI is InChI=1S/C27H38N4O/c1-21-4-3-13-28-26(21)31-18-16-30(17-19-31)24-7-8-25-22(20-24)9-10-27(32-25)11-14-29(15-12-27)23-5-2-6-23/h3-4,7-8,13,20-21,23,26H,2,5-6,9-12,14-19H2,1H3. The number of aliphatic imine (C=N–C) groups is 1. The summed E-state index contributed by atoms with van der Waals surface area (Å²) in [7, 11) is 0. The zero-order chi connectivity index (χ0) is 21.5. The lowest BCUT2D eigenvalue weighted by Gasteiger charge is -2.48. The second kappa shape index (κ2) is 8.49. The van der Waals surface area contributed by atoms with E-state index in [1.165, 1.54) is 62.9 Å². The minimum atomic E-state index is 0.0893. The highest BCUT2D eigenvalue weighted by Crippen LogP contribution is 2.42. The van der Waals surface area contributed by atoms with Gasteiger partial charge in [-0.05, 0) is 68.4 Å². The van der Waals surface area contributed by atoms with E-state index in [0.29, 0.717) is 12.1 Å². The van der Waals surface area contributed by atoms with Crippen LogP contribution < -0.4 is 9.64 Å². The van der Waals surface area contributed by atoms with Crippen molar-refractivity contribution in [3.05, 3.63) is 35.9 Å². The van der Waals surface area contributed by atoms with Crippen molar-refractivity contribution in [1.82, 2.24) is 9.80 Å². The number of piperidine rings is 1. The van der Waals surface area contributed by atoms with Crippen LogP contribution in [-0.4, -0.2) is 73.1 Å². The summed E-state index contributed by atoms with van der Waals surface area (Å²) < 4.78 is 6.71. The highest BCUT2D eigenvalue weighted by atomic mass is 16.5. The number of hydrogen-bond donors (Lipinski definition) is 0. The van der Waals surface area contributed by atoms with E-state index in [1.807, 2.05) is 6.21 Å². The molecule has 1 aliphatic carbocycles. The van der Waals surface area contributed by atoms with Crippen molar-refractivity contribution in [1.29, 1.82) is 0 Å². The van der Waals surface area contributed by atoms with Gasteiger partial charge in [0.15, 0.2) is 0 Å². The normalized spacial score (nSPS) is 30.7. The number of aryl methyl sites for hydroxylation is 1. The second-order valence-corrected chi connectivity index (χ2v) is 10.7. The topological polar surface area (TPSA) is 31.3 Å². The van der Waals surface area contributed by atoms with E-state index in [9.17, 15) is 0 Å². The number of piperazine rings is 1. The maximum atomic E-state index is 6.71. The van der Waals surface area contributed by atoms with Crippen LogP contribution in [0.5, 0.6) is 5.75 Å². The number of dihydropyridines is 1.